The van der Waals surface area contributed by atoms with Crippen molar-refractivity contribution in [3.05, 3.63) is 40.0 Å². The Bertz CT molecular complexity index is 823. The summed E-state index contributed by atoms with van der Waals surface area (Å²) in [6, 6.07) is 7.25. The van der Waals surface area contributed by atoms with Crippen molar-refractivity contribution in [1.29, 1.82) is 5.26 Å². The van der Waals surface area contributed by atoms with Crippen molar-refractivity contribution in [2.45, 2.75) is 51.5 Å². The predicted octanol–water partition coefficient (Wildman–Crippen LogP) is 5.53. The summed E-state index contributed by atoms with van der Waals surface area (Å²) in [7, 11) is 0. The number of anilines is 1. The van der Waals surface area contributed by atoms with Gasteiger partial charge in [0, 0.05) is 12.2 Å². The number of nitrogens with one attached hydrogen (secondary N) is 2. The summed E-state index contributed by atoms with van der Waals surface area (Å²) in [5, 5.41) is 16.3. The van der Waals surface area contributed by atoms with Crippen LogP contribution < -0.4 is 10.6 Å². The van der Waals surface area contributed by atoms with E-state index in [1.165, 1.54) is 44.7 Å². The second-order valence-electron chi connectivity index (χ2n) is 8.89. The molecular weight excluding hydrogens is 393 g/mol. The summed E-state index contributed by atoms with van der Waals surface area (Å²) in [6.45, 7) is 2.11. The summed E-state index contributed by atoms with van der Waals surface area (Å²) in [5.74, 6) is 2.13. The normalized spacial score (nSPS) is 31.9. The maximum absolute atomic E-state index is 12.7. The molecule has 4 aliphatic carbocycles. The number of amides is 1. The molecule has 0 spiro atoms. The lowest BCUT2D eigenvalue weighted by Gasteiger charge is -2.59. The van der Waals surface area contributed by atoms with Gasteiger partial charge in [-0.2, -0.15) is 5.26 Å². The van der Waals surface area contributed by atoms with Gasteiger partial charge in [0.05, 0.1) is 15.7 Å². The Morgan fingerprint density at radius 1 is 1.21 bits per heavy atom. The van der Waals surface area contributed by atoms with Gasteiger partial charge < -0.3 is 10.6 Å². The molecule has 4 bridgehead atoms. The molecule has 5 rings (SSSR count). The number of rotatable bonds is 5. The zero-order valence-corrected chi connectivity index (χ0v) is 17.5. The minimum absolute atomic E-state index is 0.0348. The van der Waals surface area contributed by atoms with E-state index >= 15 is 0 Å². The Hall–Kier alpha value is -1.70. The fourth-order valence-electron chi connectivity index (χ4n) is 6.05. The summed E-state index contributed by atoms with van der Waals surface area (Å²) >= 11 is 12.2. The lowest BCUT2D eigenvalue weighted by molar-refractivity contribution is -0.122. The molecule has 4 aliphatic rings. The molecule has 1 amide bonds. The smallest absolute Gasteiger partial charge is 0.263 e. The van der Waals surface area contributed by atoms with E-state index in [0.717, 1.165) is 17.8 Å². The van der Waals surface area contributed by atoms with Gasteiger partial charge >= 0.3 is 0 Å². The van der Waals surface area contributed by atoms with Gasteiger partial charge in [-0.3, -0.25) is 4.79 Å². The Morgan fingerprint density at radius 2 is 1.82 bits per heavy atom. The summed E-state index contributed by atoms with van der Waals surface area (Å²) in [5.41, 5.74) is 0.797. The molecule has 0 aromatic heterocycles. The standard InChI is InChI=1S/C22H25Cl2N3O/c1-13(22-8-14-5-15(9-22)7-16(6-14)10-22)27-21(28)17(11-25)12-26-19-4-2-3-18(23)20(19)24/h2-4,12-16,26H,5-10H2,1H3,(H,27,28)/b17-12-. The van der Waals surface area contributed by atoms with Gasteiger partial charge in [-0.15, -0.1) is 0 Å². The van der Waals surface area contributed by atoms with E-state index in [9.17, 15) is 10.1 Å². The Kier molecular flexibility index (Phi) is 5.33. The molecule has 1 unspecified atom stereocenters. The summed E-state index contributed by atoms with van der Waals surface area (Å²) in [6.07, 6.45) is 9.14. The summed E-state index contributed by atoms with van der Waals surface area (Å²) < 4.78 is 0. The van der Waals surface area contributed by atoms with E-state index in [4.69, 9.17) is 23.2 Å². The number of benzene rings is 1. The molecule has 0 heterocycles. The molecule has 0 radical (unpaired) electrons. The minimum Gasteiger partial charge on any atom is -0.359 e. The van der Waals surface area contributed by atoms with Gasteiger partial charge in [0.25, 0.3) is 5.91 Å². The van der Waals surface area contributed by atoms with Crippen LogP contribution in [0.5, 0.6) is 0 Å². The molecule has 4 nitrogen and oxygen atoms in total. The number of halogens is 2. The monoisotopic (exact) mass is 417 g/mol. The van der Waals surface area contributed by atoms with E-state index in [2.05, 4.69) is 17.6 Å². The number of hydrogen-bond donors (Lipinski definition) is 2. The van der Waals surface area contributed by atoms with Crippen LogP contribution in [0, 0.1) is 34.5 Å². The van der Waals surface area contributed by atoms with E-state index in [1.807, 2.05) is 6.07 Å². The highest BCUT2D eigenvalue weighted by molar-refractivity contribution is 6.43. The highest BCUT2D eigenvalue weighted by Gasteiger charge is 2.53. The molecular formula is C22H25Cl2N3O. The molecule has 148 valence electrons. The molecule has 1 aromatic rings. The van der Waals surface area contributed by atoms with Crippen LogP contribution in [0.25, 0.3) is 0 Å². The third-order valence-corrected chi connectivity index (χ3v) is 7.86. The van der Waals surface area contributed by atoms with Crippen LogP contribution >= 0.6 is 23.2 Å². The molecule has 0 aliphatic heterocycles. The van der Waals surface area contributed by atoms with Crippen LogP contribution in [-0.2, 0) is 4.79 Å². The van der Waals surface area contributed by atoms with Gasteiger partial charge in [0.15, 0.2) is 0 Å². The molecule has 4 saturated carbocycles. The third-order valence-electron chi connectivity index (χ3n) is 7.04. The largest absolute Gasteiger partial charge is 0.359 e. The molecule has 0 saturated heterocycles. The first-order chi connectivity index (χ1) is 13.4. The summed E-state index contributed by atoms with van der Waals surface area (Å²) in [4.78, 5) is 12.7. The number of nitrogens with zero attached hydrogens (tertiary/aromatic N) is 1. The van der Waals surface area contributed by atoms with Crippen molar-refractivity contribution < 1.29 is 4.79 Å². The Balaban J connectivity index is 1.44. The van der Waals surface area contributed by atoms with Crippen molar-refractivity contribution in [1.82, 2.24) is 5.32 Å². The van der Waals surface area contributed by atoms with Crippen LogP contribution in [0.1, 0.15) is 45.4 Å². The van der Waals surface area contributed by atoms with Crippen molar-refractivity contribution in [2.24, 2.45) is 23.2 Å². The van der Waals surface area contributed by atoms with Crippen molar-refractivity contribution in [2.75, 3.05) is 5.32 Å². The predicted molar refractivity (Wildman–Crippen MR) is 112 cm³/mol. The Labute approximate surface area is 176 Å². The quantitative estimate of drug-likeness (QED) is 0.488. The van der Waals surface area contributed by atoms with Crippen LogP contribution in [0.4, 0.5) is 5.69 Å². The van der Waals surface area contributed by atoms with Crippen LogP contribution in [0.2, 0.25) is 10.0 Å². The highest BCUT2D eigenvalue weighted by Crippen LogP contribution is 2.61. The van der Waals surface area contributed by atoms with Crippen LogP contribution in [0.3, 0.4) is 0 Å². The molecule has 2 N–H and O–H groups in total. The van der Waals surface area contributed by atoms with Gasteiger partial charge in [0.2, 0.25) is 0 Å². The van der Waals surface area contributed by atoms with Gasteiger partial charge in [-0.25, -0.2) is 0 Å². The minimum atomic E-state index is -0.337. The number of carbonyl (C=O) groups is 1. The van der Waals surface area contributed by atoms with Crippen LogP contribution in [0.15, 0.2) is 30.0 Å². The molecule has 1 aromatic carbocycles. The van der Waals surface area contributed by atoms with Gasteiger partial charge in [0.1, 0.15) is 11.6 Å². The second-order valence-corrected chi connectivity index (χ2v) is 9.68. The van der Waals surface area contributed by atoms with Crippen molar-refractivity contribution in [3.8, 4) is 6.07 Å². The zero-order valence-electron chi connectivity index (χ0n) is 16.0. The van der Waals surface area contributed by atoms with E-state index < -0.39 is 0 Å². The fourth-order valence-corrected chi connectivity index (χ4v) is 6.40. The number of nitriles is 1. The molecule has 4 fully saturated rings. The first-order valence-electron chi connectivity index (χ1n) is 10.0. The maximum atomic E-state index is 12.7. The van der Waals surface area contributed by atoms with Crippen molar-refractivity contribution in [3.63, 3.8) is 0 Å². The van der Waals surface area contributed by atoms with Gasteiger partial charge in [-0.05, 0) is 80.8 Å². The average Bonchev–Trinajstić information content (AvgIpc) is 2.64. The topological polar surface area (TPSA) is 64.9 Å². The lowest BCUT2D eigenvalue weighted by atomic mass is 9.48. The third kappa shape index (κ3) is 3.63. The fraction of sp³-hybridized carbons (Fsp3) is 0.545. The lowest BCUT2D eigenvalue weighted by Crippen LogP contribution is -2.56. The molecule has 28 heavy (non-hydrogen) atoms. The SMILES string of the molecule is CC(NC(=O)/C(C#N)=C\Nc1cccc(Cl)c1Cl)C12CC3CC(CC(C3)C1)C2. The van der Waals surface area contributed by atoms with Crippen LogP contribution in [-0.4, -0.2) is 11.9 Å². The molecule has 6 heteroatoms. The first-order valence-corrected chi connectivity index (χ1v) is 10.8. The average molecular weight is 418 g/mol. The van der Waals surface area contributed by atoms with E-state index in [1.54, 1.807) is 18.2 Å². The Morgan fingerprint density at radius 3 is 2.39 bits per heavy atom. The number of hydrogen-bond acceptors (Lipinski definition) is 3. The molecule has 1 atom stereocenters. The number of carbonyl (C=O) groups excluding carboxylic acids is 1. The van der Waals surface area contributed by atoms with E-state index in [0.29, 0.717) is 15.7 Å². The highest BCUT2D eigenvalue weighted by atomic mass is 35.5. The van der Waals surface area contributed by atoms with Gasteiger partial charge in [-0.1, -0.05) is 29.3 Å². The maximum Gasteiger partial charge on any atom is 0.263 e. The first kappa shape index (κ1) is 19.6. The second kappa shape index (κ2) is 7.61. The van der Waals surface area contributed by atoms with E-state index in [-0.39, 0.29) is 22.9 Å². The van der Waals surface area contributed by atoms with Crippen molar-refractivity contribution >= 4 is 34.8 Å². The zero-order chi connectivity index (χ0) is 19.9.